The van der Waals surface area contributed by atoms with E-state index in [-0.39, 0.29) is 13.1 Å². The molecule has 1 atom stereocenters. The van der Waals surface area contributed by atoms with Crippen molar-refractivity contribution >= 4 is 12.0 Å². The Bertz CT molecular complexity index is 630. The van der Waals surface area contributed by atoms with Crippen LogP contribution in [0.5, 0.6) is 0 Å². The zero-order valence-corrected chi connectivity index (χ0v) is 14.6. The summed E-state index contributed by atoms with van der Waals surface area (Å²) < 4.78 is 38.5. The van der Waals surface area contributed by atoms with Gasteiger partial charge in [0.05, 0.1) is 11.5 Å². The molecule has 0 saturated heterocycles. The van der Waals surface area contributed by atoms with Gasteiger partial charge >= 0.3 is 18.2 Å². The van der Waals surface area contributed by atoms with Gasteiger partial charge in [-0.2, -0.15) is 13.2 Å². The van der Waals surface area contributed by atoms with E-state index in [1.165, 1.54) is 24.9 Å². The quantitative estimate of drug-likeness (QED) is 0.817. The zero-order valence-electron chi connectivity index (χ0n) is 14.6. The van der Waals surface area contributed by atoms with E-state index in [0.717, 1.165) is 12.1 Å². The van der Waals surface area contributed by atoms with Crippen LogP contribution >= 0.6 is 0 Å². The highest BCUT2D eigenvalue weighted by atomic mass is 19.4. The molecule has 1 rings (SSSR count). The molecule has 1 aromatic carbocycles. The molecule has 2 N–H and O–H groups in total. The zero-order chi connectivity index (χ0) is 19.4. The Hall–Kier alpha value is -2.25. The number of amides is 2. The summed E-state index contributed by atoms with van der Waals surface area (Å²) in [5, 5.41) is 11.5. The Labute approximate surface area is 144 Å². The second kappa shape index (κ2) is 7.76. The monoisotopic (exact) mass is 360 g/mol. The molecule has 0 spiro atoms. The number of halogens is 3. The van der Waals surface area contributed by atoms with Gasteiger partial charge in [0, 0.05) is 25.6 Å². The molecule has 0 aromatic heterocycles. The molecule has 5 nitrogen and oxygen atoms in total. The predicted octanol–water partition coefficient (Wildman–Crippen LogP) is 3.35. The highest BCUT2D eigenvalue weighted by Crippen LogP contribution is 2.32. The topological polar surface area (TPSA) is 69.6 Å². The second-order valence-electron chi connectivity index (χ2n) is 6.74. The van der Waals surface area contributed by atoms with Crippen LogP contribution < -0.4 is 5.32 Å². The number of urea groups is 1. The molecule has 0 heterocycles. The lowest BCUT2D eigenvalue weighted by Gasteiger charge is -2.28. The standard InChI is InChI=1S/C17H23F3N2O3/c1-11(14(23)24)9-22(4)15(25)21-10-16(2,3)12-6-5-7-13(8-12)17(18,19)20/h5-8,11H,9-10H2,1-4H3,(H,21,25)(H,23,24). The first kappa shape index (κ1) is 20.8. The van der Waals surface area contributed by atoms with E-state index in [9.17, 15) is 22.8 Å². The van der Waals surface area contributed by atoms with Crippen molar-refractivity contribution in [2.24, 2.45) is 5.92 Å². The maximum absolute atomic E-state index is 12.8. The fourth-order valence-corrected chi connectivity index (χ4v) is 2.22. The van der Waals surface area contributed by atoms with Crippen molar-refractivity contribution in [2.45, 2.75) is 32.4 Å². The smallest absolute Gasteiger partial charge is 0.416 e. The van der Waals surface area contributed by atoms with Gasteiger partial charge in [0.1, 0.15) is 0 Å². The largest absolute Gasteiger partial charge is 0.481 e. The number of carbonyl (C=O) groups is 2. The summed E-state index contributed by atoms with van der Waals surface area (Å²) in [7, 11) is 1.46. The lowest BCUT2D eigenvalue weighted by Crippen LogP contribution is -2.45. The summed E-state index contributed by atoms with van der Waals surface area (Å²) >= 11 is 0. The molecule has 25 heavy (non-hydrogen) atoms. The third kappa shape index (κ3) is 5.95. The van der Waals surface area contributed by atoms with E-state index < -0.39 is 35.1 Å². The first-order valence-electron chi connectivity index (χ1n) is 7.74. The van der Waals surface area contributed by atoms with Gasteiger partial charge in [-0.25, -0.2) is 4.79 Å². The van der Waals surface area contributed by atoms with Gasteiger partial charge in [0.2, 0.25) is 0 Å². The van der Waals surface area contributed by atoms with Gasteiger partial charge in [-0.15, -0.1) is 0 Å². The first-order valence-corrected chi connectivity index (χ1v) is 7.74. The number of carboxylic acid groups (broad SMARTS) is 1. The molecule has 0 aliphatic rings. The Morgan fingerprint density at radius 1 is 1.24 bits per heavy atom. The Morgan fingerprint density at radius 2 is 1.80 bits per heavy atom. The first-order chi connectivity index (χ1) is 11.3. The minimum atomic E-state index is -4.43. The highest BCUT2D eigenvalue weighted by molar-refractivity contribution is 5.75. The van der Waals surface area contributed by atoms with Crippen molar-refractivity contribution in [1.29, 1.82) is 0 Å². The third-order valence-corrected chi connectivity index (χ3v) is 3.97. The molecular weight excluding hydrogens is 337 g/mol. The van der Waals surface area contributed by atoms with E-state index in [0.29, 0.717) is 5.56 Å². The molecule has 8 heteroatoms. The van der Waals surface area contributed by atoms with Crippen LogP contribution in [0.4, 0.5) is 18.0 Å². The van der Waals surface area contributed by atoms with E-state index in [4.69, 9.17) is 5.11 Å². The van der Waals surface area contributed by atoms with Crippen molar-refractivity contribution in [2.75, 3.05) is 20.1 Å². The molecule has 0 aliphatic carbocycles. The van der Waals surface area contributed by atoms with Gasteiger partial charge < -0.3 is 15.3 Å². The number of aliphatic carboxylic acids is 1. The van der Waals surface area contributed by atoms with Crippen LogP contribution in [-0.4, -0.2) is 42.1 Å². The maximum atomic E-state index is 12.8. The fraction of sp³-hybridized carbons (Fsp3) is 0.529. The minimum Gasteiger partial charge on any atom is -0.481 e. The van der Waals surface area contributed by atoms with Crippen LogP contribution in [0.3, 0.4) is 0 Å². The van der Waals surface area contributed by atoms with Gasteiger partial charge in [-0.1, -0.05) is 39.0 Å². The lowest BCUT2D eigenvalue weighted by molar-refractivity contribution is -0.141. The van der Waals surface area contributed by atoms with Crippen LogP contribution in [0.1, 0.15) is 31.9 Å². The molecule has 0 fully saturated rings. The molecule has 1 aromatic rings. The highest BCUT2D eigenvalue weighted by Gasteiger charge is 2.32. The van der Waals surface area contributed by atoms with Crippen molar-refractivity contribution in [1.82, 2.24) is 10.2 Å². The van der Waals surface area contributed by atoms with Crippen molar-refractivity contribution in [3.63, 3.8) is 0 Å². The van der Waals surface area contributed by atoms with Crippen LogP contribution in [0.2, 0.25) is 0 Å². The summed E-state index contributed by atoms with van der Waals surface area (Å²) in [6.07, 6.45) is -4.43. The number of alkyl halides is 3. The molecule has 0 bridgehead atoms. The third-order valence-electron chi connectivity index (χ3n) is 3.97. The molecule has 0 radical (unpaired) electrons. The molecule has 140 valence electrons. The van der Waals surface area contributed by atoms with Crippen LogP contribution in [-0.2, 0) is 16.4 Å². The normalized spacial score (nSPS) is 13.2. The fourth-order valence-electron chi connectivity index (χ4n) is 2.22. The van der Waals surface area contributed by atoms with E-state index >= 15 is 0 Å². The maximum Gasteiger partial charge on any atom is 0.416 e. The molecule has 0 aliphatic heterocycles. The van der Waals surface area contributed by atoms with E-state index in [1.54, 1.807) is 19.9 Å². The Kier molecular flexibility index (Phi) is 6.45. The number of hydrogen-bond acceptors (Lipinski definition) is 2. The lowest BCUT2D eigenvalue weighted by atomic mass is 9.84. The summed E-state index contributed by atoms with van der Waals surface area (Å²) in [5.74, 6) is -1.73. The number of hydrogen-bond donors (Lipinski definition) is 2. The number of nitrogens with zero attached hydrogens (tertiary/aromatic N) is 1. The van der Waals surface area contributed by atoms with Crippen LogP contribution in [0, 0.1) is 5.92 Å². The number of nitrogens with one attached hydrogen (secondary N) is 1. The van der Waals surface area contributed by atoms with E-state index in [2.05, 4.69) is 5.32 Å². The van der Waals surface area contributed by atoms with Crippen molar-refractivity contribution in [3.05, 3.63) is 35.4 Å². The van der Waals surface area contributed by atoms with Crippen LogP contribution in [0.15, 0.2) is 24.3 Å². The molecule has 1 unspecified atom stereocenters. The second-order valence-corrected chi connectivity index (χ2v) is 6.74. The average Bonchev–Trinajstić information content (AvgIpc) is 2.51. The number of rotatable bonds is 6. The van der Waals surface area contributed by atoms with Gasteiger partial charge in [0.25, 0.3) is 0 Å². The Balaban J connectivity index is 2.75. The number of benzene rings is 1. The summed E-state index contributed by atoms with van der Waals surface area (Å²) in [5.41, 5.74) is -1.02. The van der Waals surface area contributed by atoms with Gasteiger partial charge in [0.15, 0.2) is 0 Å². The summed E-state index contributed by atoms with van der Waals surface area (Å²) in [4.78, 5) is 24.1. The summed E-state index contributed by atoms with van der Waals surface area (Å²) in [6.45, 7) is 5.08. The number of carbonyl (C=O) groups excluding carboxylic acids is 1. The Morgan fingerprint density at radius 3 is 2.32 bits per heavy atom. The van der Waals surface area contributed by atoms with Crippen molar-refractivity contribution < 1.29 is 27.9 Å². The predicted molar refractivity (Wildman–Crippen MR) is 87.3 cm³/mol. The minimum absolute atomic E-state index is 0.0329. The SMILES string of the molecule is CC(CN(C)C(=O)NCC(C)(C)c1cccc(C(F)(F)F)c1)C(=O)O. The summed E-state index contributed by atoms with van der Waals surface area (Å²) in [6, 6.07) is 4.51. The average molecular weight is 360 g/mol. The van der Waals surface area contributed by atoms with Crippen LogP contribution in [0.25, 0.3) is 0 Å². The molecule has 2 amide bonds. The molecular formula is C17H23F3N2O3. The number of carboxylic acids is 1. The van der Waals surface area contributed by atoms with E-state index in [1.807, 2.05) is 0 Å². The molecule has 0 saturated carbocycles. The van der Waals surface area contributed by atoms with Gasteiger partial charge in [-0.3, -0.25) is 4.79 Å². The van der Waals surface area contributed by atoms with Crippen molar-refractivity contribution in [3.8, 4) is 0 Å². The van der Waals surface area contributed by atoms with Gasteiger partial charge in [-0.05, 0) is 11.6 Å².